The highest BCUT2D eigenvalue weighted by molar-refractivity contribution is 5.77. The second-order valence-electron chi connectivity index (χ2n) is 5.43. The molecule has 2 rings (SSSR count). The van der Waals surface area contributed by atoms with Gasteiger partial charge in [-0.15, -0.1) is 0 Å². The molecule has 4 heteroatoms. The van der Waals surface area contributed by atoms with Crippen molar-refractivity contribution in [2.75, 3.05) is 19.8 Å². The summed E-state index contributed by atoms with van der Waals surface area (Å²) in [7, 11) is 0. The van der Waals surface area contributed by atoms with E-state index in [2.05, 4.69) is 18.3 Å². The molecule has 0 aromatic heterocycles. The van der Waals surface area contributed by atoms with Crippen LogP contribution in [0.1, 0.15) is 29.5 Å². The van der Waals surface area contributed by atoms with Gasteiger partial charge in [0.1, 0.15) is 5.75 Å². The normalized spacial score (nSPS) is 18.1. The maximum atomic E-state index is 11.7. The van der Waals surface area contributed by atoms with Gasteiger partial charge in [-0.25, -0.2) is 0 Å². The van der Waals surface area contributed by atoms with Gasteiger partial charge in [-0.2, -0.15) is 0 Å². The fourth-order valence-electron chi connectivity index (χ4n) is 2.32. The fourth-order valence-corrected chi connectivity index (χ4v) is 2.32. The van der Waals surface area contributed by atoms with Crippen LogP contribution in [0.4, 0.5) is 0 Å². The lowest BCUT2D eigenvalue weighted by atomic mass is 10.1. The van der Waals surface area contributed by atoms with Crippen LogP contribution in [0.25, 0.3) is 0 Å². The van der Waals surface area contributed by atoms with Gasteiger partial charge < -0.3 is 14.8 Å². The Hall–Kier alpha value is -1.55. The van der Waals surface area contributed by atoms with E-state index >= 15 is 0 Å². The minimum atomic E-state index is -0.0990. The summed E-state index contributed by atoms with van der Waals surface area (Å²) in [4.78, 5) is 11.7. The first kappa shape index (κ1) is 14.9. The number of nitrogens with one attached hydrogen (secondary N) is 1. The maximum absolute atomic E-state index is 11.7. The quantitative estimate of drug-likeness (QED) is 0.898. The van der Waals surface area contributed by atoms with Crippen LogP contribution in [0.3, 0.4) is 0 Å². The van der Waals surface area contributed by atoms with Gasteiger partial charge in [-0.1, -0.05) is 6.07 Å². The maximum Gasteiger partial charge on any atom is 0.258 e. The van der Waals surface area contributed by atoms with Crippen molar-refractivity contribution in [2.45, 2.75) is 39.7 Å². The standard InChI is InChI=1S/C16H23NO3/c1-11-7-13(3)15(8-12(11)2)20-10-16(18)17-9-14-5-4-6-19-14/h7-8,14H,4-6,9-10H2,1-3H3,(H,17,18)/t14-/m1/s1. The first-order valence-electron chi connectivity index (χ1n) is 7.15. The molecule has 1 aliphatic rings. The van der Waals surface area contributed by atoms with Gasteiger partial charge in [0.25, 0.3) is 5.91 Å². The predicted octanol–water partition coefficient (Wildman–Crippen LogP) is 2.29. The van der Waals surface area contributed by atoms with E-state index in [4.69, 9.17) is 9.47 Å². The van der Waals surface area contributed by atoms with Crippen LogP contribution >= 0.6 is 0 Å². The number of ether oxygens (including phenoxy) is 2. The number of carbonyl (C=O) groups is 1. The van der Waals surface area contributed by atoms with Gasteiger partial charge in [0.2, 0.25) is 0 Å². The molecule has 0 saturated carbocycles. The molecule has 1 atom stereocenters. The van der Waals surface area contributed by atoms with Crippen LogP contribution in [-0.2, 0) is 9.53 Å². The van der Waals surface area contributed by atoms with Gasteiger partial charge in [0.05, 0.1) is 6.10 Å². The van der Waals surface area contributed by atoms with Gasteiger partial charge >= 0.3 is 0 Å². The van der Waals surface area contributed by atoms with E-state index in [-0.39, 0.29) is 18.6 Å². The number of hydrogen-bond acceptors (Lipinski definition) is 3. The third kappa shape index (κ3) is 3.97. The molecule has 1 N–H and O–H groups in total. The molecule has 4 nitrogen and oxygen atoms in total. The van der Waals surface area contributed by atoms with Crippen LogP contribution in [0.5, 0.6) is 5.75 Å². The summed E-state index contributed by atoms with van der Waals surface area (Å²) in [5.74, 6) is 0.679. The SMILES string of the molecule is Cc1cc(C)c(OCC(=O)NC[C@H]2CCCO2)cc1C. The summed E-state index contributed by atoms with van der Waals surface area (Å²) in [5, 5.41) is 2.85. The fraction of sp³-hybridized carbons (Fsp3) is 0.562. The van der Waals surface area contributed by atoms with Crippen molar-refractivity contribution >= 4 is 5.91 Å². The van der Waals surface area contributed by atoms with Crippen LogP contribution in [0.15, 0.2) is 12.1 Å². The van der Waals surface area contributed by atoms with Gasteiger partial charge in [-0.3, -0.25) is 4.79 Å². The molecule has 1 aromatic rings. The van der Waals surface area contributed by atoms with Crippen LogP contribution < -0.4 is 10.1 Å². The Labute approximate surface area is 120 Å². The molecule has 20 heavy (non-hydrogen) atoms. The lowest BCUT2D eigenvalue weighted by Gasteiger charge is -2.13. The summed E-state index contributed by atoms with van der Waals surface area (Å²) in [5.41, 5.74) is 3.46. The van der Waals surface area contributed by atoms with Gasteiger partial charge in [0.15, 0.2) is 6.61 Å². The highest BCUT2D eigenvalue weighted by Gasteiger charge is 2.16. The molecule has 1 heterocycles. The first-order valence-corrected chi connectivity index (χ1v) is 7.15. The minimum absolute atomic E-state index is 0.0516. The molecule has 0 unspecified atom stereocenters. The average Bonchev–Trinajstić information content (AvgIpc) is 2.92. The second kappa shape index (κ2) is 6.75. The van der Waals surface area contributed by atoms with Crippen molar-refractivity contribution in [3.63, 3.8) is 0 Å². The molecule has 0 radical (unpaired) electrons. The summed E-state index contributed by atoms with van der Waals surface area (Å²) in [6.45, 7) is 7.54. The third-order valence-electron chi connectivity index (χ3n) is 3.70. The van der Waals surface area contributed by atoms with Crippen molar-refractivity contribution in [3.05, 3.63) is 28.8 Å². The van der Waals surface area contributed by atoms with E-state index in [1.54, 1.807) is 0 Å². The summed E-state index contributed by atoms with van der Waals surface area (Å²) < 4.78 is 11.1. The Morgan fingerprint density at radius 3 is 2.75 bits per heavy atom. The summed E-state index contributed by atoms with van der Waals surface area (Å²) >= 11 is 0. The zero-order valence-corrected chi connectivity index (χ0v) is 12.5. The molecule has 0 aliphatic carbocycles. The van der Waals surface area contributed by atoms with Crippen molar-refractivity contribution in [1.82, 2.24) is 5.32 Å². The van der Waals surface area contributed by atoms with Gasteiger partial charge in [-0.05, 0) is 56.4 Å². The Balaban J connectivity index is 1.79. The van der Waals surface area contributed by atoms with E-state index in [1.807, 2.05) is 19.9 Å². The first-order chi connectivity index (χ1) is 9.56. The molecular weight excluding hydrogens is 254 g/mol. The van der Waals surface area contributed by atoms with E-state index < -0.39 is 0 Å². The lowest BCUT2D eigenvalue weighted by molar-refractivity contribution is -0.123. The van der Waals surface area contributed by atoms with Crippen LogP contribution in [0, 0.1) is 20.8 Å². The lowest BCUT2D eigenvalue weighted by Crippen LogP contribution is -2.35. The molecule has 1 aromatic carbocycles. The van der Waals surface area contributed by atoms with E-state index in [0.717, 1.165) is 30.8 Å². The predicted molar refractivity (Wildman–Crippen MR) is 78.1 cm³/mol. The van der Waals surface area contributed by atoms with E-state index in [0.29, 0.717) is 6.54 Å². The molecule has 0 bridgehead atoms. The number of rotatable bonds is 5. The number of benzene rings is 1. The zero-order chi connectivity index (χ0) is 14.5. The molecule has 1 fully saturated rings. The second-order valence-corrected chi connectivity index (χ2v) is 5.43. The highest BCUT2D eigenvalue weighted by Crippen LogP contribution is 2.22. The Kier molecular flexibility index (Phi) is 5.01. The number of aryl methyl sites for hydroxylation is 3. The molecule has 1 saturated heterocycles. The minimum Gasteiger partial charge on any atom is -0.483 e. The van der Waals surface area contributed by atoms with Crippen LogP contribution in [0.2, 0.25) is 0 Å². The molecule has 0 spiro atoms. The monoisotopic (exact) mass is 277 g/mol. The highest BCUT2D eigenvalue weighted by atomic mass is 16.5. The van der Waals surface area contributed by atoms with Gasteiger partial charge in [0, 0.05) is 13.2 Å². The largest absolute Gasteiger partial charge is 0.483 e. The summed E-state index contributed by atoms with van der Waals surface area (Å²) in [6.07, 6.45) is 2.28. The van der Waals surface area contributed by atoms with E-state index in [9.17, 15) is 4.79 Å². The van der Waals surface area contributed by atoms with Crippen molar-refractivity contribution < 1.29 is 14.3 Å². The molecule has 110 valence electrons. The Morgan fingerprint density at radius 2 is 2.05 bits per heavy atom. The van der Waals surface area contributed by atoms with Crippen molar-refractivity contribution in [1.29, 1.82) is 0 Å². The Morgan fingerprint density at radius 1 is 1.30 bits per heavy atom. The zero-order valence-electron chi connectivity index (χ0n) is 12.5. The van der Waals surface area contributed by atoms with E-state index in [1.165, 1.54) is 11.1 Å². The number of amides is 1. The smallest absolute Gasteiger partial charge is 0.258 e. The third-order valence-corrected chi connectivity index (χ3v) is 3.70. The Bertz CT molecular complexity index is 479. The molecular formula is C16H23NO3. The van der Waals surface area contributed by atoms with Crippen molar-refractivity contribution in [2.24, 2.45) is 0 Å². The topological polar surface area (TPSA) is 47.6 Å². The number of carbonyl (C=O) groups excluding carboxylic acids is 1. The van der Waals surface area contributed by atoms with Crippen molar-refractivity contribution in [3.8, 4) is 5.75 Å². The molecule has 1 amide bonds. The van der Waals surface area contributed by atoms with Crippen LogP contribution in [-0.4, -0.2) is 31.8 Å². The molecule has 1 aliphatic heterocycles. The number of hydrogen-bond donors (Lipinski definition) is 1. The average molecular weight is 277 g/mol. The summed E-state index contributed by atoms with van der Waals surface area (Å²) in [6, 6.07) is 4.06.